The van der Waals surface area contributed by atoms with Gasteiger partial charge in [-0.25, -0.2) is 4.68 Å². The van der Waals surface area contributed by atoms with Gasteiger partial charge < -0.3 is 5.32 Å². The third-order valence-corrected chi connectivity index (χ3v) is 3.36. The van der Waals surface area contributed by atoms with E-state index in [1.807, 2.05) is 30.3 Å². The zero-order valence-corrected chi connectivity index (χ0v) is 11.3. The van der Waals surface area contributed by atoms with Gasteiger partial charge in [-0.1, -0.05) is 30.3 Å². The van der Waals surface area contributed by atoms with E-state index in [-0.39, 0.29) is 18.2 Å². The molecule has 0 saturated heterocycles. The number of nitrogens with one attached hydrogen (secondary N) is 2. The molecule has 1 aliphatic rings. The van der Waals surface area contributed by atoms with Crippen molar-refractivity contribution in [3.05, 3.63) is 42.2 Å². The Morgan fingerprint density at radius 2 is 2.19 bits per heavy atom. The lowest BCUT2D eigenvalue weighted by Crippen LogP contribution is -2.39. The van der Waals surface area contributed by atoms with Gasteiger partial charge in [0, 0.05) is 6.54 Å². The molecule has 0 spiro atoms. The molecule has 0 radical (unpaired) electrons. The number of carbonyl (C=O) groups excluding carboxylic acids is 2. The number of carbonyl (C=O) groups is 2. The summed E-state index contributed by atoms with van der Waals surface area (Å²) in [6.45, 7) is 0.519. The van der Waals surface area contributed by atoms with Crippen LogP contribution in [0.4, 0.5) is 5.95 Å². The average molecular weight is 285 g/mol. The Bertz CT molecular complexity index is 652. The van der Waals surface area contributed by atoms with E-state index in [2.05, 4.69) is 20.7 Å². The van der Waals surface area contributed by atoms with Crippen molar-refractivity contribution < 1.29 is 9.59 Å². The Hall–Kier alpha value is -2.70. The second kappa shape index (κ2) is 5.74. The highest BCUT2D eigenvalue weighted by atomic mass is 16.2. The van der Waals surface area contributed by atoms with Gasteiger partial charge in [0.1, 0.15) is 12.4 Å². The highest BCUT2D eigenvalue weighted by molar-refractivity contribution is 5.95. The van der Waals surface area contributed by atoms with E-state index in [9.17, 15) is 9.59 Å². The summed E-state index contributed by atoms with van der Waals surface area (Å²) >= 11 is 0. The van der Waals surface area contributed by atoms with Gasteiger partial charge in [-0.05, 0) is 12.0 Å². The molecule has 0 saturated carbocycles. The normalized spacial score (nSPS) is 17.0. The van der Waals surface area contributed by atoms with Crippen LogP contribution < -0.4 is 10.6 Å². The summed E-state index contributed by atoms with van der Waals surface area (Å²) in [5, 5.41) is 9.41. The van der Waals surface area contributed by atoms with E-state index in [0.717, 1.165) is 12.0 Å². The molecule has 2 amide bonds. The van der Waals surface area contributed by atoms with E-state index in [1.165, 1.54) is 11.0 Å². The van der Waals surface area contributed by atoms with Crippen LogP contribution in [0.3, 0.4) is 0 Å². The Labute approximate surface area is 121 Å². The second-order valence-corrected chi connectivity index (χ2v) is 4.82. The topological polar surface area (TPSA) is 88.9 Å². The zero-order valence-electron chi connectivity index (χ0n) is 11.3. The van der Waals surface area contributed by atoms with Crippen molar-refractivity contribution in [2.24, 2.45) is 0 Å². The molecule has 1 aromatic carbocycles. The van der Waals surface area contributed by atoms with Crippen molar-refractivity contribution in [1.29, 1.82) is 0 Å². The molecular formula is C14H15N5O2. The molecule has 7 nitrogen and oxygen atoms in total. The summed E-state index contributed by atoms with van der Waals surface area (Å²) in [5.74, 6) is -0.124. The van der Waals surface area contributed by atoms with Crippen LogP contribution in [-0.2, 0) is 16.0 Å². The first kappa shape index (κ1) is 13.3. The quantitative estimate of drug-likeness (QED) is 0.857. The van der Waals surface area contributed by atoms with Crippen LogP contribution in [-0.4, -0.2) is 33.1 Å². The first-order chi connectivity index (χ1) is 10.2. The SMILES string of the molecule is O=C1CC(C(=O)NCCc2ccccc2)n2ncnc2N1. The molecule has 1 aromatic heterocycles. The lowest BCUT2D eigenvalue weighted by molar-refractivity contribution is -0.128. The molecule has 1 unspecified atom stereocenters. The van der Waals surface area contributed by atoms with Crippen molar-refractivity contribution in [2.75, 3.05) is 11.9 Å². The van der Waals surface area contributed by atoms with E-state index in [4.69, 9.17) is 0 Å². The van der Waals surface area contributed by atoms with Crippen molar-refractivity contribution in [3.63, 3.8) is 0 Å². The van der Waals surface area contributed by atoms with Gasteiger partial charge in [-0.3, -0.25) is 14.9 Å². The number of nitrogens with zero attached hydrogens (tertiary/aromatic N) is 3. The van der Waals surface area contributed by atoms with E-state index < -0.39 is 6.04 Å². The summed E-state index contributed by atoms with van der Waals surface area (Å²) in [7, 11) is 0. The van der Waals surface area contributed by atoms with Crippen LogP contribution in [0.2, 0.25) is 0 Å². The summed E-state index contributed by atoms with van der Waals surface area (Å²) in [4.78, 5) is 27.7. The van der Waals surface area contributed by atoms with Crippen LogP contribution in [0.5, 0.6) is 0 Å². The molecule has 1 aliphatic heterocycles. The Morgan fingerprint density at radius 1 is 1.38 bits per heavy atom. The number of amides is 2. The number of hydrogen-bond donors (Lipinski definition) is 2. The summed E-state index contributed by atoms with van der Waals surface area (Å²) in [6, 6.07) is 9.27. The number of benzene rings is 1. The average Bonchev–Trinajstić information content (AvgIpc) is 2.95. The Kier molecular flexibility index (Phi) is 3.63. The predicted molar refractivity (Wildman–Crippen MR) is 75.5 cm³/mol. The maximum absolute atomic E-state index is 12.2. The summed E-state index contributed by atoms with van der Waals surface area (Å²) < 4.78 is 1.44. The van der Waals surface area contributed by atoms with Crippen LogP contribution in [0, 0.1) is 0 Å². The first-order valence-corrected chi connectivity index (χ1v) is 6.75. The van der Waals surface area contributed by atoms with Gasteiger partial charge >= 0.3 is 0 Å². The minimum atomic E-state index is -0.632. The van der Waals surface area contributed by atoms with Gasteiger partial charge in [0.05, 0.1) is 6.42 Å². The fourth-order valence-electron chi connectivity index (χ4n) is 2.30. The molecule has 3 rings (SSSR count). The van der Waals surface area contributed by atoms with E-state index in [1.54, 1.807) is 0 Å². The first-order valence-electron chi connectivity index (χ1n) is 6.75. The summed E-state index contributed by atoms with van der Waals surface area (Å²) in [6.07, 6.45) is 2.15. The molecule has 2 heterocycles. The third kappa shape index (κ3) is 2.91. The number of hydrogen-bond acceptors (Lipinski definition) is 4. The lowest BCUT2D eigenvalue weighted by atomic mass is 10.1. The Balaban J connectivity index is 1.60. The van der Waals surface area contributed by atoms with Crippen LogP contribution in [0.15, 0.2) is 36.7 Å². The van der Waals surface area contributed by atoms with E-state index >= 15 is 0 Å². The van der Waals surface area contributed by atoms with Crippen LogP contribution in [0.1, 0.15) is 18.0 Å². The van der Waals surface area contributed by atoms with Crippen molar-refractivity contribution in [1.82, 2.24) is 20.1 Å². The molecule has 2 aromatic rings. The van der Waals surface area contributed by atoms with Gasteiger partial charge in [-0.15, -0.1) is 0 Å². The number of aromatic nitrogens is 3. The molecule has 0 aliphatic carbocycles. The van der Waals surface area contributed by atoms with E-state index in [0.29, 0.717) is 12.5 Å². The molecule has 21 heavy (non-hydrogen) atoms. The van der Waals surface area contributed by atoms with Crippen molar-refractivity contribution in [2.45, 2.75) is 18.9 Å². The number of anilines is 1. The fraction of sp³-hybridized carbons (Fsp3) is 0.286. The molecule has 0 bridgehead atoms. The maximum atomic E-state index is 12.2. The highest BCUT2D eigenvalue weighted by Crippen LogP contribution is 2.21. The fourth-order valence-corrected chi connectivity index (χ4v) is 2.30. The van der Waals surface area contributed by atoms with Crippen molar-refractivity contribution >= 4 is 17.8 Å². The summed E-state index contributed by atoms with van der Waals surface area (Å²) in [5.41, 5.74) is 1.15. The standard InChI is InChI=1S/C14H15N5O2/c20-12-8-11(19-14(18-12)16-9-17-19)13(21)15-7-6-10-4-2-1-3-5-10/h1-5,9,11H,6-8H2,(H,15,21)(H,16,17,18,20). The minimum absolute atomic E-state index is 0.0769. The molecule has 108 valence electrons. The predicted octanol–water partition coefficient (Wildman–Crippen LogP) is 0.520. The van der Waals surface area contributed by atoms with Gasteiger partial charge in [-0.2, -0.15) is 10.1 Å². The maximum Gasteiger partial charge on any atom is 0.245 e. The number of fused-ring (bicyclic) bond motifs is 1. The zero-order chi connectivity index (χ0) is 14.7. The largest absolute Gasteiger partial charge is 0.354 e. The van der Waals surface area contributed by atoms with Gasteiger partial charge in [0.2, 0.25) is 17.8 Å². The minimum Gasteiger partial charge on any atom is -0.354 e. The molecule has 7 heteroatoms. The highest BCUT2D eigenvalue weighted by Gasteiger charge is 2.31. The van der Waals surface area contributed by atoms with Gasteiger partial charge in [0.25, 0.3) is 0 Å². The smallest absolute Gasteiger partial charge is 0.245 e. The monoisotopic (exact) mass is 285 g/mol. The van der Waals surface area contributed by atoms with Crippen molar-refractivity contribution in [3.8, 4) is 0 Å². The Morgan fingerprint density at radius 3 is 3.00 bits per heavy atom. The molecule has 0 fully saturated rings. The lowest BCUT2D eigenvalue weighted by Gasteiger charge is -2.22. The van der Waals surface area contributed by atoms with Gasteiger partial charge in [0.15, 0.2) is 0 Å². The number of rotatable bonds is 4. The molecule has 1 atom stereocenters. The van der Waals surface area contributed by atoms with Crippen LogP contribution in [0.25, 0.3) is 0 Å². The second-order valence-electron chi connectivity index (χ2n) is 4.82. The third-order valence-electron chi connectivity index (χ3n) is 3.36. The van der Waals surface area contributed by atoms with Crippen LogP contribution >= 0.6 is 0 Å². The molecule has 2 N–H and O–H groups in total. The molecular weight excluding hydrogens is 270 g/mol.